The Kier molecular flexibility index (Phi) is 12.0. The van der Waals surface area contributed by atoms with Crippen LogP contribution in [0.25, 0.3) is 0 Å². The number of sulfonamides is 1. The molecule has 2 aromatic rings. The lowest BCUT2D eigenvalue weighted by Gasteiger charge is -2.30. The largest absolute Gasteiger partial charge is 0.497 e. The highest BCUT2D eigenvalue weighted by atomic mass is 32.2. The summed E-state index contributed by atoms with van der Waals surface area (Å²) in [5, 5.41) is 5.65. The maximum absolute atomic E-state index is 14.6. The molecule has 0 spiro atoms. The van der Waals surface area contributed by atoms with E-state index < -0.39 is 69.1 Å². The van der Waals surface area contributed by atoms with E-state index in [-0.39, 0.29) is 42.6 Å². The number of ether oxygens (including phenoxy) is 3. The molecule has 3 N–H and O–H groups in total. The molecule has 5 aliphatic rings. The molecule has 5 amide bonds. The minimum atomic E-state index is -4.40. The highest BCUT2D eigenvalue weighted by Gasteiger charge is 2.70. The van der Waals surface area contributed by atoms with Crippen molar-refractivity contribution in [3.8, 4) is 5.75 Å². The molecular formula is C42H53N5O10S. The van der Waals surface area contributed by atoms with Crippen LogP contribution in [0.5, 0.6) is 5.75 Å². The number of fused-ring (bicyclic) bond motifs is 3. The van der Waals surface area contributed by atoms with Crippen LogP contribution >= 0.6 is 0 Å². The van der Waals surface area contributed by atoms with E-state index in [0.717, 1.165) is 49.7 Å². The van der Waals surface area contributed by atoms with Crippen LogP contribution in [-0.4, -0.2) is 98.2 Å². The Morgan fingerprint density at radius 2 is 1.67 bits per heavy atom. The number of carbonyl (C=O) groups is 5. The fraction of sp³-hybridized carbons (Fsp3) is 0.548. The monoisotopic (exact) mass is 819 g/mol. The molecule has 16 heteroatoms. The van der Waals surface area contributed by atoms with Crippen LogP contribution in [0.15, 0.2) is 65.6 Å². The van der Waals surface area contributed by atoms with Gasteiger partial charge in [0.05, 0.1) is 18.6 Å². The van der Waals surface area contributed by atoms with Gasteiger partial charge in [0.25, 0.3) is 15.9 Å². The molecule has 2 saturated carbocycles. The van der Waals surface area contributed by atoms with E-state index in [9.17, 15) is 32.4 Å². The summed E-state index contributed by atoms with van der Waals surface area (Å²) < 4.78 is 46.1. The third-order valence-corrected chi connectivity index (χ3v) is 13.6. The lowest BCUT2D eigenvalue weighted by atomic mass is 9.99. The second kappa shape index (κ2) is 17.0. The Hall–Kier alpha value is -5.12. The van der Waals surface area contributed by atoms with Crippen molar-refractivity contribution < 1.29 is 46.6 Å². The number of allylic oxidation sites excluding steroid dienone is 1. The predicted molar refractivity (Wildman–Crippen MR) is 211 cm³/mol. The Morgan fingerprint density at radius 1 is 0.914 bits per heavy atom. The quantitative estimate of drug-likeness (QED) is 0.336. The number of rotatable bonds is 7. The molecule has 0 radical (unpaired) electrons. The highest BCUT2D eigenvalue weighted by molar-refractivity contribution is 7.90. The number of carbonyl (C=O) groups excluding carboxylic acids is 5. The van der Waals surface area contributed by atoms with Crippen LogP contribution in [0.1, 0.15) is 88.7 Å². The van der Waals surface area contributed by atoms with Gasteiger partial charge in [0, 0.05) is 31.0 Å². The maximum atomic E-state index is 14.6. The Balaban J connectivity index is 1.15. The van der Waals surface area contributed by atoms with E-state index in [1.807, 2.05) is 36.4 Å². The summed E-state index contributed by atoms with van der Waals surface area (Å²) in [7, 11) is -3.01. The van der Waals surface area contributed by atoms with Gasteiger partial charge in [0.1, 0.15) is 35.6 Å². The van der Waals surface area contributed by atoms with Crippen LogP contribution in [0, 0.1) is 5.41 Å². The van der Waals surface area contributed by atoms with Crippen LogP contribution in [0.2, 0.25) is 0 Å². The molecule has 2 aliphatic carbocycles. The summed E-state index contributed by atoms with van der Waals surface area (Å²) in [6, 6.07) is 11.3. The summed E-state index contributed by atoms with van der Waals surface area (Å²) >= 11 is 0. The molecule has 0 aromatic heterocycles. The second-order valence-corrected chi connectivity index (χ2v) is 18.0. The molecule has 0 bridgehead atoms. The molecule has 2 aromatic carbocycles. The van der Waals surface area contributed by atoms with Crippen molar-refractivity contribution in [3.05, 3.63) is 71.8 Å². The average Bonchev–Trinajstić information content (AvgIpc) is 3.54. The fourth-order valence-corrected chi connectivity index (χ4v) is 9.85. The van der Waals surface area contributed by atoms with E-state index in [1.165, 1.54) is 30.2 Å². The number of nitrogens with zero attached hydrogens (tertiary/aromatic N) is 2. The summed E-state index contributed by atoms with van der Waals surface area (Å²) in [6.07, 6.45) is 8.43. The van der Waals surface area contributed by atoms with E-state index in [1.54, 1.807) is 17.9 Å². The minimum Gasteiger partial charge on any atom is -0.497 e. The number of alkyl carbamates (subject to hydrolysis) is 1. The van der Waals surface area contributed by atoms with Gasteiger partial charge < -0.3 is 34.6 Å². The van der Waals surface area contributed by atoms with Crippen molar-refractivity contribution in [2.24, 2.45) is 5.41 Å². The van der Waals surface area contributed by atoms with Crippen molar-refractivity contribution in [1.29, 1.82) is 0 Å². The number of methoxy groups -OCH3 is 1. The van der Waals surface area contributed by atoms with Gasteiger partial charge in [-0.25, -0.2) is 22.7 Å². The van der Waals surface area contributed by atoms with E-state index >= 15 is 0 Å². The first-order valence-corrected chi connectivity index (χ1v) is 21.8. The average molecular weight is 820 g/mol. The van der Waals surface area contributed by atoms with Crippen LogP contribution in [0.3, 0.4) is 0 Å². The van der Waals surface area contributed by atoms with Gasteiger partial charge in [0.15, 0.2) is 0 Å². The predicted octanol–water partition coefficient (Wildman–Crippen LogP) is 4.49. The smallest absolute Gasteiger partial charge is 0.410 e. The molecule has 7 rings (SSSR count). The molecule has 3 fully saturated rings. The van der Waals surface area contributed by atoms with Gasteiger partial charge in [-0.2, -0.15) is 0 Å². The molecule has 312 valence electrons. The SMILES string of the molecule is COc1cccc(S(=O)(=O)NC(=O)[C@@]23CC2(C)/C=C\CCCCC[C@H](NC(=O)OC2CCCC2)C(=O)N2C[C@H](OC(=O)N4CCc5ccccc5C4)C[C@H]2C(=O)N3)c1. The zero-order valence-electron chi connectivity index (χ0n) is 33.1. The van der Waals surface area contributed by atoms with Crippen molar-refractivity contribution in [3.63, 3.8) is 0 Å². The topological polar surface area (TPSA) is 190 Å². The van der Waals surface area contributed by atoms with Crippen molar-refractivity contribution in [1.82, 2.24) is 25.2 Å². The highest BCUT2D eigenvalue weighted by Crippen LogP contribution is 2.58. The molecule has 58 heavy (non-hydrogen) atoms. The first-order chi connectivity index (χ1) is 27.8. The van der Waals surface area contributed by atoms with Gasteiger partial charge in [-0.15, -0.1) is 0 Å². The minimum absolute atomic E-state index is 0.0840. The van der Waals surface area contributed by atoms with Crippen LogP contribution in [-0.2, 0) is 46.8 Å². The molecular weight excluding hydrogens is 767 g/mol. The molecule has 1 unspecified atom stereocenters. The van der Waals surface area contributed by atoms with Gasteiger partial charge >= 0.3 is 12.2 Å². The van der Waals surface area contributed by atoms with Crippen molar-refractivity contribution >= 4 is 39.9 Å². The number of benzene rings is 2. The number of hydrogen-bond donors (Lipinski definition) is 3. The summed E-state index contributed by atoms with van der Waals surface area (Å²) in [4.78, 5) is 72.8. The van der Waals surface area contributed by atoms with Gasteiger partial charge in [0.2, 0.25) is 11.8 Å². The molecule has 1 saturated heterocycles. The Labute approximate surface area is 339 Å². The Morgan fingerprint density at radius 3 is 2.45 bits per heavy atom. The lowest BCUT2D eigenvalue weighted by molar-refractivity contribution is -0.141. The van der Waals surface area contributed by atoms with Gasteiger partial charge in [-0.1, -0.05) is 62.2 Å². The summed E-state index contributed by atoms with van der Waals surface area (Å²) in [6.45, 7) is 2.43. The lowest BCUT2D eigenvalue weighted by Crippen LogP contribution is -2.59. The van der Waals surface area contributed by atoms with Crippen LogP contribution < -0.4 is 20.1 Å². The van der Waals surface area contributed by atoms with Gasteiger partial charge in [-0.3, -0.25) is 14.4 Å². The van der Waals surface area contributed by atoms with Crippen LogP contribution in [0.4, 0.5) is 9.59 Å². The van der Waals surface area contributed by atoms with Crippen molar-refractivity contribution in [2.45, 2.75) is 125 Å². The number of amides is 5. The van der Waals surface area contributed by atoms with Gasteiger partial charge in [-0.05, 0) is 81.0 Å². The Bertz CT molecular complexity index is 2050. The normalized spacial score (nSPS) is 28.3. The third-order valence-electron chi connectivity index (χ3n) is 12.3. The molecule has 3 aliphatic heterocycles. The van der Waals surface area contributed by atoms with Crippen molar-refractivity contribution in [2.75, 3.05) is 20.2 Å². The number of hydrogen-bond acceptors (Lipinski definition) is 10. The zero-order valence-corrected chi connectivity index (χ0v) is 33.9. The number of nitrogens with one attached hydrogen (secondary N) is 3. The first-order valence-electron chi connectivity index (χ1n) is 20.3. The zero-order chi connectivity index (χ0) is 41.1. The molecule has 5 atom stereocenters. The van der Waals surface area contributed by atoms with E-state index in [2.05, 4.69) is 15.4 Å². The maximum Gasteiger partial charge on any atom is 0.410 e. The van der Waals surface area contributed by atoms with E-state index in [0.29, 0.717) is 32.4 Å². The molecule has 15 nitrogen and oxygen atoms in total. The summed E-state index contributed by atoms with van der Waals surface area (Å²) in [5.74, 6) is -1.91. The first kappa shape index (κ1) is 41.1. The second-order valence-electron chi connectivity index (χ2n) is 16.3. The van der Waals surface area contributed by atoms with E-state index in [4.69, 9.17) is 14.2 Å². The fourth-order valence-electron chi connectivity index (χ4n) is 8.79. The summed E-state index contributed by atoms with van der Waals surface area (Å²) in [5.41, 5.74) is -0.493. The third kappa shape index (κ3) is 8.81. The molecule has 3 heterocycles. The standard InChI is InChI=1S/C42H53N5O10S/c1-41-21-11-5-3-4-6-19-34(43-39(51)56-30-15-9-10-16-30)37(49)47-26-32(57-40(52)46-22-20-28-13-7-8-14-29(28)25-46)24-35(47)36(48)44-42(41,27-41)38(50)45-58(53,54)33-18-12-17-31(23-33)55-2/h7-8,11-14,17-18,21,23,30,32,34-35H,3-6,9-10,15-16,19-20,22,24-27H2,1-2H3,(H,43,51)(H,44,48)(H,45,50)/b21-11-/t32-,34+,35+,41?,42+/m1/s1.